The van der Waals surface area contributed by atoms with Crippen LogP contribution in [0.1, 0.15) is 30.6 Å². The number of benzene rings is 2. The third-order valence-electron chi connectivity index (χ3n) is 5.17. The van der Waals surface area contributed by atoms with E-state index in [1.165, 1.54) is 5.69 Å². The number of piperazine rings is 1. The van der Waals surface area contributed by atoms with Crippen LogP contribution in [0.15, 0.2) is 48.5 Å². The van der Waals surface area contributed by atoms with Crippen molar-refractivity contribution < 1.29 is 14.3 Å². The van der Waals surface area contributed by atoms with E-state index < -0.39 is 0 Å². The summed E-state index contributed by atoms with van der Waals surface area (Å²) in [5.41, 5.74) is 1.87. The zero-order chi connectivity index (χ0) is 21.2. The van der Waals surface area contributed by atoms with Crippen molar-refractivity contribution in [2.24, 2.45) is 0 Å². The number of nitrogens with zero attached hydrogens (tertiary/aromatic N) is 2. The van der Waals surface area contributed by atoms with E-state index in [2.05, 4.69) is 46.3 Å². The smallest absolute Gasteiger partial charge is 0.251 e. The summed E-state index contributed by atoms with van der Waals surface area (Å²) in [5.74, 6) is 1.23. The van der Waals surface area contributed by atoms with E-state index in [0.717, 1.165) is 39.1 Å². The van der Waals surface area contributed by atoms with Crippen LogP contribution in [-0.4, -0.2) is 63.3 Å². The monoisotopic (exact) mass is 411 g/mol. The Balaban J connectivity index is 1.45. The lowest BCUT2D eigenvalue weighted by atomic mass is 10.2. The second-order valence-corrected chi connectivity index (χ2v) is 7.36. The number of nitrogens with one attached hydrogen (secondary N) is 1. The first-order valence-electron chi connectivity index (χ1n) is 10.9. The van der Waals surface area contributed by atoms with Crippen LogP contribution in [0.4, 0.5) is 5.69 Å². The van der Waals surface area contributed by atoms with Crippen LogP contribution in [0.2, 0.25) is 0 Å². The number of para-hydroxylation sites is 1. The molecule has 6 heteroatoms. The lowest BCUT2D eigenvalue weighted by Gasteiger charge is -2.36. The highest BCUT2D eigenvalue weighted by molar-refractivity contribution is 5.94. The van der Waals surface area contributed by atoms with Crippen molar-refractivity contribution in [3.05, 3.63) is 54.1 Å². The van der Waals surface area contributed by atoms with Crippen LogP contribution < -0.4 is 19.7 Å². The van der Waals surface area contributed by atoms with Gasteiger partial charge < -0.3 is 19.7 Å². The molecule has 1 N–H and O–H groups in total. The van der Waals surface area contributed by atoms with E-state index >= 15 is 0 Å². The summed E-state index contributed by atoms with van der Waals surface area (Å²) in [4.78, 5) is 17.4. The molecule has 0 bridgehead atoms. The summed E-state index contributed by atoms with van der Waals surface area (Å²) in [5, 5.41) is 3.03. The van der Waals surface area contributed by atoms with Crippen molar-refractivity contribution in [1.29, 1.82) is 0 Å². The number of ether oxygens (including phenoxy) is 2. The standard InChI is InChI=1S/C24H33N3O3/c1-3-18-30-22-11-10-20(19-23(22)29-4-2)24(28)25-12-13-26-14-16-27(17-15-26)21-8-6-5-7-9-21/h5-11,19H,3-4,12-18H2,1-2H3,(H,25,28). The van der Waals surface area contributed by atoms with E-state index in [9.17, 15) is 4.79 Å². The van der Waals surface area contributed by atoms with Crippen LogP contribution in [-0.2, 0) is 0 Å². The Bertz CT molecular complexity index is 790. The number of rotatable bonds is 10. The molecule has 0 aromatic heterocycles. The van der Waals surface area contributed by atoms with Crippen LogP contribution in [0.5, 0.6) is 11.5 Å². The van der Waals surface area contributed by atoms with Gasteiger partial charge in [-0.15, -0.1) is 0 Å². The zero-order valence-corrected chi connectivity index (χ0v) is 18.1. The molecule has 30 heavy (non-hydrogen) atoms. The molecule has 1 saturated heterocycles. The normalized spacial score (nSPS) is 14.4. The van der Waals surface area contributed by atoms with Crippen molar-refractivity contribution in [2.45, 2.75) is 20.3 Å². The second kappa shape index (κ2) is 11.5. The topological polar surface area (TPSA) is 54.0 Å². The molecule has 1 aliphatic heterocycles. The Morgan fingerprint density at radius 3 is 2.43 bits per heavy atom. The average Bonchev–Trinajstić information content (AvgIpc) is 2.79. The molecule has 1 heterocycles. The fourth-order valence-corrected chi connectivity index (χ4v) is 3.55. The minimum absolute atomic E-state index is 0.0825. The van der Waals surface area contributed by atoms with Gasteiger partial charge in [-0.1, -0.05) is 25.1 Å². The van der Waals surface area contributed by atoms with E-state index in [1.807, 2.05) is 19.1 Å². The Morgan fingerprint density at radius 1 is 0.967 bits per heavy atom. The molecule has 1 fully saturated rings. The Morgan fingerprint density at radius 2 is 1.73 bits per heavy atom. The molecule has 0 aliphatic carbocycles. The van der Waals surface area contributed by atoms with Gasteiger partial charge in [0, 0.05) is 50.5 Å². The van der Waals surface area contributed by atoms with Crippen LogP contribution in [0, 0.1) is 0 Å². The van der Waals surface area contributed by atoms with Gasteiger partial charge in [-0.2, -0.15) is 0 Å². The van der Waals surface area contributed by atoms with E-state index in [0.29, 0.717) is 36.8 Å². The van der Waals surface area contributed by atoms with Gasteiger partial charge in [0.05, 0.1) is 13.2 Å². The predicted molar refractivity (Wildman–Crippen MR) is 121 cm³/mol. The van der Waals surface area contributed by atoms with Crippen molar-refractivity contribution in [2.75, 3.05) is 57.4 Å². The van der Waals surface area contributed by atoms with Crippen LogP contribution >= 0.6 is 0 Å². The van der Waals surface area contributed by atoms with E-state index in [4.69, 9.17) is 9.47 Å². The average molecular weight is 412 g/mol. The summed E-state index contributed by atoms with van der Waals surface area (Å²) in [6, 6.07) is 15.9. The van der Waals surface area contributed by atoms with Gasteiger partial charge in [0.2, 0.25) is 0 Å². The maximum atomic E-state index is 12.6. The van der Waals surface area contributed by atoms with Crippen molar-refractivity contribution in [1.82, 2.24) is 10.2 Å². The molecule has 1 aliphatic rings. The maximum absolute atomic E-state index is 12.6. The summed E-state index contributed by atoms with van der Waals surface area (Å²) >= 11 is 0. The van der Waals surface area contributed by atoms with Crippen molar-refractivity contribution >= 4 is 11.6 Å². The molecule has 1 amide bonds. The number of hydrogen-bond donors (Lipinski definition) is 1. The van der Waals surface area contributed by atoms with Gasteiger partial charge >= 0.3 is 0 Å². The molecule has 0 spiro atoms. The first-order valence-corrected chi connectivity index (χ1v) is 10.9. The molecule has 2 aromatic carbocycles. The Hall–Kier alpha value is -2.73. The molecule has 0 radical (unpaired) electrons. The quantitative estimate of drug-likeness (QED) is 0.649. The summed E-state index contributed by atoms with van der Waals surface area (Å²) in [6.07, 6.45) is 0.924. The molecule has 162 valence electrons. The lowest BCUT2D eigenvalue weighted by Crippen LogP contribution is -2.48. The molecule has 0 saturated carbocycles. The molecule has 2 aromatic rings. The molecular weight excluding hydrogens is 378 g/mol. The molecule has 0 atom stereocenters. The number of hydrogen-bond acceptors (Lipinski definition) is 5. The van der Waals surface area contributed by atoms with Gasteiger partial charge in [0.15, 0.2) is 11.5 Å². The third kappa shape index (κ3) is 6.13. The largest absolute Gasteiger partial charge is 0.490 e. The molecule has 3 rings (SSSR count). The highest BCUT2D eigenvalue weighted by Gasteiger charge is 2.17. The maximum Gasteiger partial charge on any atom is 0.251 e. The van der Waals surface area contributed by atoms with E-state index in [-0.39, 0.29) is 5.91 Å². The summed E-state index contributed by atoms with van der Waals surface area (Å²) in [7, 11) is 0. The number of amides is 1. The SMILES string of the molecule is CCCOc1ccc(C(=O)NCCN2CCN(c3ccccc3)CC2)cc1OCC. The van der Waals surface area contributed by atoms with Crippen molar-refractivity contribution in [3.8, 4) is 11.5 Å². The zero-order valence-electron chi connectivity index (χ0n) is 18.1. The lowest BCUT2D eigenvalue weighted by molar-refractivity contribution is 0.0947. The highest BCUT2D eigenvalue weighted by Crippen LogP contribution is 2.28. The van der Waals surface area contributed by atoms with Crippen LogP contribution in [0.3, 0.4) is 0 Å². The predicted octanol–water partition coefficient (Wildman–Crippen LogP) is 3.43. The van der Waals surface area contributed by atoms with Gasteiger partial charge in [0.1, 0.15) is 0 Å². The number of anilines is 1. The van der Waals surface area contributed by atoms with E-state index in [1.54, 1.807) is 12.1 Å². The molecule has 0 unspecified atom stereocenters. The highest BCUT2D eigenvalue weighted by atomic mass is 16.5. The number of carbonyl (C=O) groups excluding carboxylic acids is 1. The first-order chi connectivity index (χ1) is 14.7. The van der Waals surface area contributed by atoms with Gasteiger partial charge in [-0.05, 0) is 43.7 Å². The summed E-state index contributed by atoms with van der Waals surface area (Å²) in [6.45, 7) is 10.6. The third-order valence-corrected chi connectivity index (χ3v) is 5.17. The van der Waals surface area contributed by atoms with Gasteiger partial charge in [-0.3, -0.25) is 9.69 Å². The minimum atomic E-state index is -0.0825. The van der Waals surface area contributed by atoms with Crippen LogP contribution in [0.25, 0.3) is 0 Å². The van der Waals surface area contributed by atoms with Gasteiger partial charge in [0.25, 0.3) is 5.91 Å². The fourth-order valence-electron chi connectivity index (χ4n) is 3.55. The fraction of sp³-hybridized carbons (Fsp3) is 0.458. The van der Waals surface area contributed by atoms with Gasteiger partial charge in [-0.25, -0.2) is 0 Å². The molecule has 6 nitrogen and oxygen atoms in total. The number of carbonyl (C=O) groups is 1. The first kappa shape index (κ1) is 22.0. The summed E-state index contributed by atoms with van der Waals surface area (Å²) < 4.78 is 11.4. The molecular formula is C24H33N3O3. The minimum Gasteiger partial charge on any atom is -0.490 e. The van der Waals surface area contributed by atoms with Crippen molar-refractivity contribution in [3.63, 3.8) is 0 Å². The Labute approximate surface area is 179 Å². The second-order valence-electron chi connectivity index (χ2n) is 7.36. The Kier molecular flexibility index (Phi) is 8.39.